The topological polar surface area (TPSA) is 89.9 Å². The summed E-state index contributed by atoms with van der Waals surface area (Å²) in [6.07, 6.45) is 3.76. The zero-order chi connectivity index (χ0) is 17.3. The van der Waals surface area contributed by atoms with Gasteiger partial charge in [-0.25, -0.2) is 14.4 Å². The van der Waals surface area contributed by atoms with E-state index < -0.39 is 11.9 Å². The van der Waals surface area contributed by atoms with Gasteiger partial charge in [0.15, 0.2) is 0 Å². The van der Waals surface area contributed by atoms with Crippen LogP contribution in [-0.2, 0) is 23.9 Å². The molecule has 0 saturated carbocycles. The molecule has 0 aliphatic heterocycles. The van der Waals surface area contributed by atoms with E-state index in [1.807, 2.05) is 0 Å². The molecule has 21 heavy (non-hydrogen) atoms. The lowest BCUT2D eigenvalue weighted by Crippen LogP contribution is -1.98. The van der Waals surface area contributed by atoms with Crippen molar-refractivity contribution >= 4 is 17.9 Å². The molecule has 0 aromatic carbocycles. The monoisotopic (exact) mass is 298 g/mol. The zero-order valence-electron chi connectivity index (χ0n) is 12.5. The smallest absolute Gasteiger partial charge is 0.330 e. The minimum Gasteiger partial charge on any atom is -0.478 e. The number of ether oxygens (including phenoxy) is 2. The first kappa shape index (κ1) is 23.5. The van der Waals surface area contributed by atoms with Crippen LogP contribution in [0.15, 0.2) is 50.1 Å². The summed E-state index contributed by atoms with van der Waals surface area (Å²) in [5.41, 5.74) is 0.176. The Morgan fingerprint density at radius 2 is 1.43 bits per heavy atom. The third-order valence-corrected chi connectivity index (χ3v) is 1.33. The second-order valence-corrected chi connectivity index (χ2v) is 3.16. The van der Waals surface area contributed by atoms with Gasteiger partial charge in [0.1, 0.15) is 6.61 Å². The Bertz CT molecular complexity index is 370. The number of carboxylic acid groups (broad SMARTS) is 1. The third-order valence-electron chi connectivity index (χ3n) is 1.33. The van der Waals surface area contributed by atoms with E-state index in [0.29, 0.717) is 6.61 Å². The van der Waals surface area contributed by atoms with Crippen molar-refractivity contribution < 1.29 is 29.0 Å². The summed E-state index contributed by atoms with van der Waals surface area (Å²) < 4.78 is 8.90. The molecule has 0 radical (unpaired) electrons. The number of carbonyl (C=O) groups excluding carboxylic acids is 2. The van der Waals surface area contributed by atoms with Crippen LogP contribution in [0.4, 0.5) is 0 Å². The van der Waals surface area contributed by atoms with Crippen LogP contribution < -0.4 is 0 Å². The fourth-order valence-corrected chi connectivity index (χ4v) is 0.401. The molecule has 0 spiro atoms. The molecular formula is C15H22O6. The molecule has 0 aromatic heterocycles. The van der Waals surface area contributed by atoms with Crippen LogP contribution in [0.1, 0.15) is 13.8 Å². The summed E-state index contributed by atoms with van der Waals surface area (Å²) in [7, 11) is 0. The van der Waals surface area contributed by atoms with Crippen molar-refractivity contribution in [1.82, 2.24) is 0 Å². The Labute approximate surface area is 125 Å². The summed E-state index contributed by atoms with van der Waals surface area (Å²) in [4.78, 5) is 29.9. The van der Waals surface area contributed by atoms with Gasteiger partial charge in [-0.1, -0.05) is 32.4 Å². The number of carbonyl (C=O) groups is 3. The molecule has 1 N–H and O–H groups in total. The molecule has 118 valence electrons. The van der Waals surface area contributed by atoms with E-state index in [0.717, 1.165) is 12.2 Å². The van der Waals surface area contributed by atoms with E-state index in [1.165, 1.54) is 13.0 Å². The molecule has 0 aliphatic carbocycles. The summed E-state index contributed by atoms with van der Waals surface area (Å²) >= 11 is 0. The SMILES string of the molecule is C=C(C)C(=O)O.C=CC(=O)OCC.C=CCOC(=O)C=C. The molecule has 0 aliphatic rings. The molecule has 0 saturated heterocycles. The minimum absolute atomic E-state index is 0.176. The fourth-order valence-electron chi connectivity index (χ4n) is 0.401. The molecule has 0 rings (SSSR count). The standard InChI is InChI=1S/C6H8O2.C5H8O2.C4H6O2/c1-3-5-8-6(7)4-2;1-3-5(6)7-4-2;1-3(2)4(5)6/h3-4H,1-2,5H2;3H,1,4H2,2H3;1H2,2H3,(H,5,6). The van der Waals surface area contributed by atoms with E-state index in [-0.39, 0.29) is 18.1 Å². The van der Waals surface area contributed by atoms with Gasteiger partial charge in [-0.15, -0.1) is 0 Å². The molecular weight excluding hydrogens is 276 g/mol. The Morgan fingerprint density at radius 3 is 1.62 bits per heavy atom. The third kappa shape index (κ3) is 26.8. The van der Waals surface area contributed by atoms with E-state index >= 15 is 0 Å². The lowest BCUT2D eigenvalue weighted by molar-refractivity contribution is -0.137. The number of carboxylic acids is 1. The van der Waals surface area contributed by atoms with Crippen molar-refractivity contribution in [2.24, 2.45) is 0 Å². The highest BCUT2D eigenvalue weighted by molar-refractivity contribution is 5.84. The molecule has 0 amide bonds. The van der Waals surface area contributed by atoms with E-state index in [4.69, 9.17) is 5.11 Å². The molecule has 0 atom stereocenters. The number of esters is 2. The molecule has 0 bridgehead atoms. The predicted molar refractivity (Wildman–Crippen MR) is 80.6 cm³/mol. The van der Waals surface area contributed by atoms with Gasteiger partial charge in [0, 0.05) is 17.7 Å². The van der Waals surface area contributed by atoms with Crippen molar-refractivity contribution in [3.05, 3.63) is 50.1 Å². The van der Waals surface area contributed by atoms with Gasteiger partial charge in [-0.2, -0.15) is 0 Å². The number of hydrogen-bond donors (Lipinski definition) is 1. The summed E-state index contributed by atoms with van der Waals surface area (Å²) in [5, 5.41) is 7.89. The normalized spacial score (nSPS) is 7.52. The first-order valence-corrected chi connectivity index (χ1v) is 5.84. The largest absolute Gasteiger partial charge is 0.478 e. The highest BCUT2D eigenvalue weighted by atomic mass is 16.5. The van der Waals surface area contributed by atoms with Gasteiger partial charge in [0.2, 0.25) is 0 Å². The molecule has 6 nitrogen and oxygen atoms in total. The number of rotatable bonds is 6. The van der Waals surface area contributed by atoms with Gasteiger partial charge < -0.3 is 14.6 Å². The molecule has 0 unspecified atom stereocenters. The molecule has 0 fully saturated rings. The maximum absolute atomic E-state index is 10.2. The van der Waals surface area contributed by atoms with E-state index in [2.05, 4.69) is 35.8 Å². The van der Waals surface area contributed by atoms with Gasteiger partial charge in [-0.3, -0.25) is 0 Å². The van der Waals surface area contributed by atoms with Gasteiger partial charge in [-0.05, 0) is 13.8 Å². The summed E-state index contributed by atoms with van der Waals surface area (Å²) in [6, 6.07) is 0. The molecule has 6 heteroatoms. The minimum atomic E-state index is -0.935. The van der Waals surface area contributed by atoms with Crippen LogP contribution in [0.25, 0.3) is 0 Å². The Kier molecular flexibility index (Phi) is 19.4. The lowest BCUT2D eigenvalue weighted by Gasteiger charge is -1.92. The lowest BCUT2D eigenvalue weighted by atomic mass is 10.4. The maximum atomic E-state index is 10.2. The summed E-state index contributed by atoms with van der Waals surface area (Å²) in [5.74, 6) is -1.71. The zero-order valence-corrected chi connectivity index (χ0v) is 12.5. The van der Waals surface area contributed by atoms with Crippen LogP contribution in [0, 0.1) is 0 Å². The Hall–Kier alpha value is -2.63. The van der Waals surface area contributed by atoms with Crippen LogP contribution in [0.5, 0.6) is 0 Å². The Morgan fingerprint density at radius 1 is 1.05 bits per heavy atom. The van der Waals surface area contributed by atoms with Crippen molar-refractivity contribution in [1.29, 1.82) is 0 Å². The Balaban J connectivity index is -0.000000234. The second kappa shape index (κ2) is 17.4. The maximum Gasteiger partial charge on any atom is 0.330 e. The van der Waals surface area contributed by atoms with E-state index in [1.54, 1.807) is 6.92 Å². The van der Waals surface area contributed by atoms with Crippen LogP contribution in [-0.4, -0.2) is 36.2 Å². The van der Waals surface area contributed by atoms with E-state index in [9.17, 15) is 14.4 Å². The second-order valence-electron chi connectivity index (χ2n) is 3.16. The van der Waals surface area contributed by atoms with Gasteiger partial charge in [0.25, 0.3) is 0 Å². The average molecular weight is 298 g/mol. The predicted octanol–water partition coefficient (Wildman–Crippen LogP) is 2.28. The molecule has 0 aromatic rings. The first-order valence-electron chi connectivity index (χ1n) is 5.84. The molecule has 0 heterocycles. The quantitative estimate of drug-likeness (QED) is 0.459. The van der Waals surface area contributed by atoms with Crippen LogP contribution >= 0.6 is 0 Å². The number of hydrogen-bond acceptors (Lipinski definition) is 5. The fraction of sp³-hybridized carbons (Fsp3) is 0.267. The summed E-state index contributed by atoms with van der Waals surface area (Å²) in [6.45, 7) is 16.8. The van der Waals surface area contributed by atoms with Crippen molar-refractivity contribution in [2.45, 2.75) is 13.8 Å². The highest BCUT2D eigenvalue weighted by Gasteiger charge is 1.90. The van der Waals surface area contributed by atoms with Crippen LogP contribution in [0.3, 0.4) is 0 Å². The van der Waals surface area contributed by atoms with Crippen molar-refractivity contribution in [3.8, 4) is 0 Å². The van der Waals surface area contributed by atoms with Gasteiger partial charge in [0.05, 0.1) is 6.61 Å². The number of aliphatic carboxylic acids is 1. The van der Waals surface area contributed by atoms with Crippen molar-refractivity contribution in [2.75, 3.05) is 13.2 Å². The highest BCUT2D eigenvalue weighted by Crippen LogP contribution is 1.81. The van der Waals surface area contributed by atoms with Gasteiger partial charge >= 0.3 is 17.9 Å². The first-order chi connectivity index (χ1) is 9.76. The van der Waals surface area contributed by atoms with Crippen molar-refractivity contribution in [3.63, 3.8) is 0 Å². The van der Waals surface area contributed by atoms with Crippen LogP contribution in [0.2, 0.25) is 0 Å². The average Bonchev–Trinajstić information content (AvgIpc) is 2.46.